The Morgan fingerprint density at radius 3 is 2.56 bits per heavy atom. The van der Waals surface area contributed by atoms with Gasteiger partial charge in [-0.3, -0.25) is 9.88 Å². The molecule has 1 aliphatic rings. The lowest BCUT2D eigenvalue weighted by atomic mass is 9.97. The highest BCUT2D eigenvalue weighted by atomic mass is 35.5. The Morgan fingerprint density at radius 1 is 1.14 bits per heavy atom. The average molecular weight is 514 g/mol. The second-order valence-corrected chi connectivity index (χ2v) is 9.85. The lowest BCUT2D eigenvalue weighted by Crippen LogP contribution is -2.52. The molecule has 0 radical (unpaired) electrons. The van der Waals surface area contributed by atoms with Crippen molar-refractivity contribution in [2.24, 2.45) is 0 Å². The van der Waals surface area contributed by atoms with E-state index in [9.17, 15) is 14.6 Å². The first-order chi connectivity index (χ1) is 17.3. The van der Waals surface area contributed by atoms with Crippen molar-refractivity contribution >= 4 is 17.3 Å². The number of nitrogens with zero attached hydrogens (tertiary/aromatic N) is 3. The molecule has 4 rings (SSSR count). The molecule has 0 amide bonds. The Hall–Kier alpha value is -2.71. The van der Waals surface area contributed by atoms with Gasteiger partial charge in [0.25, 0.3) is 0 Å². The summed E-state index contributed by atoms with van der Waals surface area (Å²) in [7, 11) is 0. The van der Waals surface area contributed by atoms with E-state index in [2.05, 4.69) is 21.7 Å². The number of anilines is 1. The van der Waals surface area contributed by atoms with Crippen molar-refractivity contribution in [1.82, 2.24) is 9.88 Å². The van der Waals surface area contributed by atoms with Crippen molar-refractivity contribution in [3.63, 3.8) is 0 Å². The number of piperazine rings is 1. The lowest BCUT2D eigenvalue weighted by Gasteiger charge is -2.45. The molecule has 0 aliphatic carbocycles. The zero-order valence-corrected chi connectivity index (χ0v) is 21.5. The van der Waals surface area contributed by atoms with Gasteiger partial charge in [-0.05, 0) is 54.8 Å². The Bertz CT molecular complexity index is 1140. The van der Waals surface area contributed by atoms with E-state index in [-0.39, 0.29) is 18.5 Å². The number of pyridine rings is 1. The summed E-state index contributed by atoms with van der Waals surface area (Å²) in [4.78, 5) is 8.79. The molecule has 1 fully saturated rings. The third-order valence-electron chi connectivity index (χ3n) is 6.51. The van der Waals surface area contributed by atoms with Crippen LogP contribution in [0.1, 0.15) is 43.1 Å². The van der Waals surface area contributed by atoms with Gasteiger partial charge in [0.15, 0.2) is 0 Å². The summed E-state index contributed by atoms with van der Waals surface area (Å²) < 4.78 is 19.4. The number of β-amino-alcohol motifs (C(OH)–C–C–N with tert-alkyl or cyclic N) is 1. The number of halogens is 2. The number of hydrogen-bond acceptors (Lipinski definition) is 6. The number of aliphatic hydroxyl groups is 2. The molecule has 0 bridgehead atoms. The van der Waals surface area contributed by atoms with Gasteiger partial charge >= 0.3 is 0 Å². The van der Waals surface area contributed by atoms with Gasteiger partial charge in [0, 0.05) is 38.4 Å². The standard InChI is InChI=1S/C28H33ClFN3O3/c1-3-14-36-23-9-10-25(24(29)15-23)33-13-12-32(17-26(33)21-5-7-22(30)8-6-21)19-28(2,35)27-11-4-20(18-34)16-31-27/h4-11,15-16,26,34-35H,3,12-14,17-19H2,1-2H3/t26-,28+/m0/s1. The van der Waals surface area contributed by atoms with Crippen LogP contribution in [0.15, 0.2) is 60.8 Å². The molecule has 6 nitrogen and oxygen atoms in total. The highest BCUT2D eigenvalue weighted by Gasteiger charge is 2.34. The van der Waals surface area contributed by atoms with Crippen LogP contribution in [0.5, 0.6) is 5.75 Å². The summed E-state index contributed by atoms with van der Waals surface area (Å²) in [5.41, 5.74) is 1.92. The second kappa shape index (κ2) is 11.6. The Labute approximate surface area is 216 Å². The van der Waals surface area contributed by atoms with Crippen molar-refractivity contribution < 1.29 is 19.3 Å². The fourth-order valence-electron chi connectivity index (χ4n) is 4.62. The zero-order chi connectivity index (χ0) is 25.7. The topological polar surface area (TPSA) is 69.1 Å². The number of rotatable bonds is 9. The number of aliphatic hydroxyl groups excluding tert-OH is 1. The molecular weight excluding hydrogens is 481 g/mol. The van der Waals surface area contributed by atoms with Crippen LogP contribution in [0, 0.1) is 5.82 Å². The van der Waals surface area contributed by atoms with Crippen LogP contribution >= 0.6 is 11.6 Å². The highest BCUT2D eigenvalue weighted by molar-refractivity contribution is 6.33. The van der Waals surface area contributed by atoms with Crippen LogP contribution in [0.4, 0.5) is 10.1 Å². The summed E-state index contributed by atoms with van der Waals surface area (Å²) in [6.07, 6.45) is 2.50. The molecule has 2 aromatic carbocycles. The van der Waals surface area contributed by atoms with Crippen LogP contribution in [0.3, 0.4) is 0 Å². The Balaban J connectivity index is 1.57. The van der Waals surface area contributed by atoms with Crippen LogP contribution in [0.2, 0.25) is 5.02 Å². The van der Waals surface area contributed by atoms with E-state index >= 15 is 0 Å². The van der Waals surface area contributed by atoms with Gasteiger partial charge in [-0.25, -0.2) is 4.39 Å². The van der Waals surface area contributed by atoms with E-state index in [0.717, 1.165) is 23.4 Å². The van der Waals surface area contributed by atoms with E-state index < -0.39 is 5.60 Å². The minimum absolute atomic E-state index is 0.0923. The number of aromatic nitrogens is 1. The molecule has 3 aromatic rings. The fraction of sp³-hybridized carbons (Fsp3) is 0.393. The van der Waals surface area contributed by atoms with Crippen LogP contribution in [-0.2, 0) is 12.2 Å². The van der Waals surface area contributed by atoms with Gasteiger partial charge < -0.3 is 19.8 Å². The monoisotopic (exact) mass is 513 g/mol. The molecule has 2 N–H and O–H groups in total. The average Bonchev–Trinajstić information content (AvgIpc) is 2.88. The Kier molecular flexibility index (Phi) is 8.46. The third-order valence-corrected chi connectivity index (χ3v) is 6.81. The van der Waals surface area contributed by atoms with E-state index in [1.54, 1.807) is 37.4 Å². The predicted octanol–water partition coefficient (Wildman–Crippen LogP) is 4.93. The first-order valence-corrected chi connectivity index (χ1v) is 12.6. The van der Waals surface area contributed by atoms with Gasteiger partial charge in [0.05, 0.1) is 35.7 Å². The van der Waals surface area contributed by atoms with Crippen LogP contribution in [0.25, 0.3) is 0 Å². The molecule has 1 aromatic heterocycles. The minimum Gasteiger partial charge on any atom is -0.494 e. The summed E-state index contributed by atoms with van der Waals surface area (Å²) in [6.45, 7) is 6.70. The summed E-state index contributed by atoms with van der Waals surface area (Å²) >= 11 is 6.71. The fourth-order valence-corrected chi connectivity index (χ4v) is 4.90. The van der Waals surface area contributed by atoms with Crippen molar-refractivity contribution in [2.45, 2.75) is 38.5 Å². The lowest BCUT2D eigenvalue weighted by molar-refractivity contribution is 0.00672. The molecule has 8 heteroatoms. The van der Waals surface area contributed by atoms with Crippen molar-refractivity contribution in [3.8, 4) is 5.75 Å². The minimum atomic E-state index is -1.18. The molecule has 192 valence electrons. The van der Waals surface area contributed by atoms with E-state index in [4.69, 9.17) is 16.3 Å². The van der Waals surface area contributed by atoms with Gasteiger partial charge in [-0.15, -0.1) is 0 Å². The second-order valence-electron chi connectivity index (χ2n) is 9.44. The largest absolute Gasteiger partial charge is 0.494 e. The van der Waals surface area contributed by atoms with E-state index in [1.165, 1.54) is 12.1 Å². The molecule has 0 saturated carbocycles. The number of ether oxygens (including phenoxy) is 1. The SMILES string of the molecule is CCCOc1ccc(N2CCN(C[C@@](C)(O)c3ccc(CO)cn3)C[C@H]2c2ccc(F)cc2)c(Cl)c1. The molecule has 0 spiro atoms. The van der Waals surface area contributed by atoms with Crippen LogP contribution in [-0.4, -0.2) is 52.9 Å². The molecular formula is C28H33ClFN3O3. The van der Waals surface area contributed by atoms with E-state index in [0.29, 0.717) is 49.1 Å². The smallest absolute Gasteiger partial charge is 0.123 e. The first kappa shape index (κ1) is 26.4. The van der Waals surface area contributed by atoms with Gasteiger partial charge in [-0.1, -0.05) is 36.7 Å². The van der Waals surface area contributed by atoms with Crippen molar-refractivity contribution in [2.75, 3.05) is 37.7 Å². The highest BCUT2D eigenvalue weighted by Crippen LogP contribution is 2.37. The molecule has 2 heterocycles. The molecule has 1 saturated heterocycles. The molecule has 1 aliphatic heterocycles. The summed E-state index contributed by atoms with van der Waals surface area (Å²) in [5, 5.41) is 21.1. The normalized spacial score (nSPS) is 18.2. The summed E-state index contributed by atoms with van der Waals surface area (Å²) in [6, 6.07) is 15.7. The Morgan fingerprint density at radius 2 is 1.92 bits per heavy atom. The van der Waals surface area contributed by atoms with Crippen molar-refractivity contribution in [3.05, 3.63) is 88.5 Å². The van der Waals surface area contributed by atoms with Crippen LogP contribution < -0.4 is 9.64 Å². The van der Waals surface area contributed by atoms with Gasteiger partial charge in [0.1, 0.15) is 17.2 Å². The maximum Gasteiger partial charge on any atom is 0.123 e. The molecule has 36 heavy (non-hydrogen) atoms. The number of benzene rings is 2. The maximum atomic E-state index is 13.7. The summed E-state index contributed by atoms with van der Waals surface area (Å²) in [5.74, 6) is 0.451. The molecule has 0 unspecified atom stereocenters. The van der Waals surface area contributed by atoms with Gasteiger partial charge in [-0.2, -0.15) is 0 Å². The van der Waals surface area contributed by atoms with E-state index in [1.807, 2.05) is 18.2 Å². The maximum absolute atomic E-state index is 13.7. The van der Waals surface area contributed by atoms with Gasteiger partial charge in [0.2, 0.25) is 0 Å². The first-order valence-electron chi connectivity index (χ1n) is 12.3. The quantitative estimate of drug-likeness (QED) is 0.423. The molecule has 2 atom stereocenters. The number of hydrogen-bond donors (Lipinski definition) is 2. The third kappa shape index (κ3) is 6.16. The zero-order valence-electron chi connectivity index (χ0n) is 20.7. The predicted molar refractivity (Wildman–Crippen MR) is 140 cm³/mol. The van der Waals surface area contributed by atoms with Crippen molar-refractivity contribution in [1.29, 1.82) is 0 Å².